The summed E-state index contributed by atoms with van der Waals surface area (Å²) in [7, 11) is 0. The lowest BCUT2D eigenvalue weighted by atomic mass is 9.77. The number of allylic oxidation sites excluding steroid dienone is 1. The first-order valence-electron chi connectivity index (χ1n) is 10.4. The molecule has 0 radical (unpaired) electrons. The quantitative estimate of drug-likeness (QED) is 0.680. The van der Waals surface area contributed by atoms with Crippen LogP contribution in [-0.2, 0) is 0 Å². The number of aromatic nitrogens is 5. The summed E-state index contributed by atoms with van der Waals surface area (Å²) in [5.41, 5.74) is 2.67. The zero-order valence-corrected chi connectivity index (χ0v) is 16.2. The van der Waals surface area contributed by atoms with Crippen molar-refractivity contribution >= 4 is 6.08 Å². The van der Waals surface area contributed by atoms with E-state index < -0.39 is 0 Å². The van der Waals surface area contributed by atoms with Crippen LogP contribution in [0.3, 0.4) is 0 Å². The van der Waals surface area contributed by atoms with Crippen LogP contribution in [0.1, 0.15) is 49.5 Å². The van der Waals surface area contributed by atoms with Crippen LogP contribution >= 0.6 is 0 Å². The number of H-pyrrole nitrogens is 1. The van der Waals surface area contributed by atoms with E-state index >= 15 is 0 Å². The predicted molar refractivity (Wildman–Crippen MR) is 109 cm³/mol. The largest absolute Gasteiger partial charge is 0.256 e. The molecule has 1 N–H and O–H groups in total. The highest BCUT2D eigenvalue weighted by molar-refractivity contribution is 5.63. The third-order valence-corrected chi connectivity index (χ3v) is 6.61. The van der Waals surface area contributed by atoms with Crippen LogP contribution < -0.4 is 0 Å². The molecule has 0 unspecified atom stereocenters. The Morgan fingerprint density at radius 1 is 1.07 bits per heavy atom. The van der Waals surface area contributed by atoms with Crippen LogP contribution in [0.2, 0.25) is 0 Å². The van der Waals surface area contributed by atoms with Gasteiger partial charge in [-0.3, -0.25) is 4.98 Å². The van der Waals surface area contributed by atoms with E-state index in [0.717, 1.165) is 35.0 Å². The number of fused-ring (bicyclic) bond motifs is 1. The molecule has 0 amide bonds. The molecule has 148 valence electrons. The highest BCUT2D eigenvalue weighted by Crippen LogP contribution is 2.52. The Kier molecular flexibility index (Phi) is 4.92. The first-order chi connectivity index (χ1) is 14.3. The second-order valence-electron chi connectivity index (χ2n) is 8.24. The molecule has 1 aromatic carbocycles. The molecule has 5 rings (SSSR count). The van der Waals surface area contributed by atoms with Crippen molar-refractivity contribution < 1.29 is 4.39 Å². The number of benzene rings is 1. The van der Waals surface area contributed by atoms with Gasteiger partial charge >= 0.3 is 0 Å². The van der Waals surface area contributed by atoms with Crippen molar-refractivity contribution in [2.24, 2.45) is 17.8 Å². The van der Waals surface area contributed by atoms with Crippen molar-refractivity contribution in [1.29, 1.82) is 0 Å². The van der Waals surface area contributed by atoms with Gasteiger partial charge in [-0.25, -0.2) is 4.39 Å². The van der Waals surface area contributed by atoms with Crippen molar-refractivity contribution in [3.8, 4) is 11.1 Å². The molecule has 2 aromatic heterocycles. The van der Waals surface area contributed by atoms with Gasteiger partial charge in [0.1, 0.15) is 5.82 Å². The summed E-state index contributed by atoms with van der Waals surface area (Å²) in [5, 5.41) is 15.0. The summed E-state index contributed by atoms with van der Waals surface area (Å²) in [6.45, 7) is 0. The monoisotopic (exact) mass is 389 g/mol. The molecule has 2 fully saturated rings. The van der Waals surface area contributed by atoms with Gasteiger partial charge in [-0.1, -0.05) is 48.8 Å². The smallest absolute Gasteiger partial charge is 0.178 e. The van der Waals surface area contributed by atoms with Crippen molar-refractivity contribution in [2.75, 3.05) is 0 Å². The number of hydrogen-bond donors (Lipinski definition) is 1. The Morgan fingerprint density at radius 2 is 2.00 bits per heavy atom. The lowest BCUT2D eigenvalue weighted by Gasteiger charge is -2.28. The molecule has 3 aromatic rings. The van der Waals surface area contributed by atoms with E-state index in [1.807, 2.05) is 24.4 Å². The van der Waals surface area contributed by atoms with Gasteiger partial charge in [0, 0.05) is 17.7 Å². The average Bonchev–Trinajstić information content (AvgIpc) is 3.40. The Morgan fingerprint density at radius 3 is 2.79 bits per heavy atom. The molecule has 2 heterocycles. The van der Waals surface area contributed by atoms with Crippen molar-refractivity contribution in [2.45, 2.75) is 38.0 Å². The van der Waals surface area contributed by atoms with E-state index in [1.54, 1.807) is 6.07 Å². The SMILES string of the molecule is Fc1cccc(-c2ccc(C=C[C@H]3[C@H]4CCCC[C@@H]4C[C@@H]3c3nn[nH]n3)nc2)c1. The molecule has 0 aliphatic heterocycles. The number of aromatic amines is 1. The summed E-state index contributed by atoms with van der Waals surface area (Å²) in [5.74, 6) is 2.79. The predicted octanol–water partition coefficient (Wildman–Crippen LogP) is 5.02. The average molecular weight is 389 g/mol. The van der Waals surface area contributed by atoms with E-state index in [4.69, 9.17) is 0 Å². The van der Waals surface area contributed by atoms with Crippen LogP contribution in [0.4, 0.5) is 4.39 Å². The van der Waals surface area contributed by atoms with Crippen LogP contribution in [0.15, 0.2) is 48.7 Å². The maximum Gasteiger partial charge on any atom is 0.178 e. The first-order valence-corrected chi connectivity index (χ1v) is 10.4. The molecule has 0 spiro atoms. The molecular formula is C23H24FN5. The summed E-state index contributed by atoms with van der Waals surface area (Å²) in [6, 6.07) is 10.6. The number of tetrazole rings is 1. The third kappa shape index (κ3) is 3.71. The van der Waals surface area contributed by atoms with Crippen molar-refractivity contribution in [1.82, 2.24) is 25.6 Å². The molecule has 2 saturated carbocycles. The molecule has 4 atom stereocenters. The Hall–Kier alpha value is -2.89. The van der Waals surface area contributed by atoms with E-state index in [9.17, 15) is 4.39 Å². The minimum atomic E-state index is -0.234. The topological polar surface area (TPSA) is 67.3 Å². The summed E-state index contributed by atoms with van der Waals surface area (Å²) in [4.78, 5) is 4.58. The number of nitrogens with one attached hydrogen (secondary N) is 1. The lowest BCUT2D eigenvalue weighted by Crippen LogP contribution is -2.19. The second kappa shape index (κ2) is 7.85. The highest BCUT2D eigenvalue weighted by atomic mass is 19.1. The number of hydrogen-bond acceptors (Lipinski definition) is 4. The molecular weight excluding hydrogens is 365 g/mol. The standard InChI is InChI=1S/C23H24FN5/c24-18-6-3-5-15(12-18)17-8-9-19(25-14-17)10-11-21-20-7-2-1-4-16(20)13-22(21)23-26-28-29-27-23/h3,5-6,8-12,14,16,20-22H,1-2,4,7,13H2,(H,26,27,28,29)/t16-,20+,21+,22+/m1/s1. The summed E-state index contributed by atoms with van der Waals surface area (Å²) < 4.78 is 13.5. The van der Waals surface area contributed by atoms with Crippen molar-refractivity contribution in [3.63, 3.8) is 0 Å². The highest BCUT2D eigenvalue weighted by Gasteiger charge is 2.44. The van der Waals surface area contributed by atoms with E-state index in [-0.39, 0.29) is 5.82 Å². The molecule has 6 heteroatoms. The maximum atomic E-state index is 13.5. The zero-order valence-electron chi connectivity index (χ0n) is 16.2. The minimum absolute atomic E-state index is 0.234. The van der Waals surface area contributed by atoms with Crippen LogP contribution in [-0.4, -0.2) is 25.6 Å². The van der Waals surface area contributed by atoms with Crippen LogP contribution in [0, 0.1) is 23.6 Å². The second-order valence-corrected chi connectivity index (χ2v) is 8.24. The third-order valence-electron chi connectivity index (χ3n) is 6.61. The van der Waals surface area contributed by atoms with E-state index in [2.05, 4.69) is 37.8 Å². The Balaban J connectivity index is 1.37. The first kappa shape index (κ1) is 18.2. The lowest BCUT2D eigenvalue weighted by molar-refractivity contribution is 0.249. The van der Waals surface area contributed by atoms with Crippen LogP contribution in [0.5, 0.6) is 0 Å². The fourth-order valence-electron chi connectivity index (χ4n) is 5.25. The van der Waals surface area contributed by atoms with E-state index in [1.165, 1.54) is 37.8 Å². The minimum Gasteiger partial charge on any atom is -0.256 e. The van der Waals surface area contributed by atoms with Gasteiger partial charge in [0.25, 0.3) is 0 Å². The number of pyridine rings is 1. The van der Waals surface area contributed by atoms with Gasteiger partial charge in [-0.05, 0) is 60.4 Å². The maximum absolute atomic E-state index is 13.5. The van der Waals surface area contributed by atoms with Gasteiger partial charge in [0.15, 0.2) is 5.82 Å². The zero-order chi connectivity index (χ0) is 19.6. The van der Waals surface area contributed by atoms with Crippen molar-refractivity contribution in [3.05, 3.63) is 66.0 Å². The Bertz CT molecular complexity index is 983. The molecule has 0 saturated heterocycles. The fourth-order valence-corrected chi connectivity index (χ4v) is 5.25. The normalized spacial score (nSPS) is 26.7. The van der Waals surface area contributed by atoms with Crippen LogP contribution in [0.25, 0.3) is 17.2 Å². The van der Waals surface area contributed by atoms with Gasteiger partial charge in [0.2, 0.25) is 0 Å². The van der Waals surface area contributed by atoms with Gasteiger partial charge in [0.05, 0.1) is 5.69 Å². The molecule has 2 aliphatic carbocycles. The number of rotatable bonds is 4. The summed E-state index contributed by atoms with van der Waals surface area (Å²) in [6.07, 6.45) is 12.6. The van der Waals surface area contributed by atoms with Gasteiger partial charge in [-0.2, -0.15) is 5.21 Å². The van der Waals surface area contributed by atoms with E-state index in [0.29, 0.717) is 17.8 Å². The molecule has 5 nitrogen and oxygen atoms in total. The molecule has 2 aliphatic rings. The fraction of sp³-hybridized carbons (Fsp3) is 0.391. The molecule has 29 heavy (non-hydrogen) atoms. The van der Waals surface area contributed by atoms with Gasteiger partial charge < -0.3 is 0 Å². The van der Waals surface area contributed by atoms with Gasteiger partial charge in [-0.15, -0.1) is 10.2 Å². The number of halogens is 1. The molecule has 0 bridgehead atoms. The summed E-state index contributed by atoms with van der Waals surface area (Å²) >= 11 is 0. The Labute approximate surface area is 169 Å². The number of nitrogens with zero attached hydrogens (tertiary/aromatic N) is 4.